The van der Waals surface area contributed by atoms with Crippen LogP contribution in [0.1, 0.15) is 125 Å². The minimum Gasteiger partial charge on any atom is -0.456 e. The van der Waals surface area contributed by atoms with Crippen molar-refractivity contribution in [3.8, 4) is 0 Å². The second-order valence-electron chi connectivity index (χ2n) is 14.9. The zero-order chi connectivity index (χ0) is 32.5. The molecule has 250 valence electrons. The van der Waals surface area contributed by atoms with E-state index in [1.807, 2.05) is 13.8 Å². The van der Waals surface area contributed by atoms with E-state index in [4.69, 9.17) is 9.47 Å². The van der Waals surface area contributed by atoms with Crippen LogP contribution in [-0.4, -0.2) is 68.0 Å². The average molecular weight is 619 g/mol. The molecule has 4 N–H and O–H groups in total. The number of esters is 1. The van der Waals surface area contributed by atoms with Crippen molar-refractivity contribution in [2.75, 3.05) is 6.61 Å². The third kappa shape index (κ3) is 5.99. The van der Waals surface area contributed by atoms with Crippen molar-refractivity contribution in [1.29, 1.82) is 0 Å². The highest BCUT2D eigenvalue weighted by molar-refractivity contribution is 6.04. The molecule has 0 heterocycles. The van der Waals surface area contributed by atoms with Gasteiger partial charge in [-0.05, 0) is 30.9 Å². The molecule has 0 spiro atoms. The highest BCUT2D eigenvalue weighted by atomic mass is 16.6. The van der Waals surface area contributed by atoms with Crippen LogP contribution in [0.4, 0.5) is 0 Å². The number of unbranched alkanes of at least 4 members (excludes halogenated alkanes) is 10. The normalized spacial score (nSPS) is 37.7. The molecule has 0 saturated heterocycles. The molecule has 44 heavy (non-hydrogen) atoms. The van der Waals surface area contributed by atoms with Gasteiger partial charge < -0.3 is 29.9 Å². The van der Waals surface area contributed by atoms with Crippen molar-refractivity contribution < 1.29 is 39.5 Å². The molecule has 2 fully saturated rings. The first-order valence-electron chi connectivity index (χ1n) is 17.2. The van der Waals surface area contributed by atoms with Crippen LogP contribution in [0.25, 0.3) is 0 Å². The Morgan fingerprint density at radius 1 is 1.00 bits per heavy atom. The summed E-state index contributed by atoms with van der Waals surface area (Å²) in [5, 5.41) is 46.0. The fourth-order valence-electron chi connectivity index (χ4n) is 9.31. The number of ether oxygens (including phenoxy) is 2. The number of ketones is 1. The molecular formula is C36H58O8. The number of hydrogen-bond donors (Lipinski definition) is 4. The molecule has 0 aromatic rings. The first kappa shape index (κ1) is 35.3. The molecule has 8 nitrogen and oxygen atoms in total. The van der Waals surface area contributed by atoms with Gasteiger partial charge >= 0.3 is 5.97 Å². The van der Waals surface area contributed by atoms with E-state index in [0.717, 1.165) is 19.3 Å². The predicted octanol–water partition coefficient (Wildman–Crippen LogP) is 5.54. The lowest BCUT2D eigenvalue weighted by Crippen LogP contribution is -2.66. The predicted molar refractivity (Wildman–Crippen MR) is 168 cm³/mol. The zero-order valence-corrected chi connectivity index (χ0v) is 27.9. The third-order valence-electron chi connectivity index (χ3n) is 11.6. The van der Waals surface area contributed by atoms with E-state index in [9.17, 15) is 30.0 Å². The lowest BCUT2D eigenvalue weighted by molar-refractivity contribution is -0.261. The number of Topliss-reactive ketones (excluding diaryl/α,β-unsaturated/α-hetero) is 1. The lowest BCUT2D eigenvalue weighted by atomic mass is 9.59. The summed E-state index contributed by atoms with van der Waals surface area (Å²) in [5.74, 6) is -3.68. The summed E-state index contributed by atoms with van der Waals surface area (Å²) in [7, 11) is 0. The summed E-state index contributed by atoms with van der Waals surface area (Å²) in [5.41, 5.74) is -4.51. The summed E-state index contributed by atoms with van der Waals surface area (Å²) in [4.78, 5) is 25.8. The average Bonchev–Trinajstić information content (AvgIpc) is 3.38. The molecule has 4 rings (SSSR count). The number of rotatable bonds is 16. The lowest BCUT2D eigenvalue weighted by Gasteiger charge is -2.53. The van der Waals surface area contributed by atoms with Crippen LogP contribution in [0.2, 0.25) is 0 Å². The Hall–Kier alpha value is -1.58. The number of carbonyl (C=O) groups excluding carboxylic acids is 2. The van der Waals surface area contributed by atoms with Gasteiger partial charge in [-0.15, -0.1) is 0 Å². The molecule has 0 aromatic heterocycles. The van der Waals surface area contributed by atoms with Crippen LogP contribution in [-0.2, 0) is 19.1 Å². The van der Waals surface area contributed by atoms with Gasteiger partial charge in [-0.25, -0.2) is 0 Å². The van der Waals surface area contributed by atoms with E-state index in [2.05, 4.69) is 6.92 Å². The van der Waals surface area contributed by atoms with Crippen LogP contribution in [0, 0.1) is 29.1 Å². The number of aliphatic hydroxyl groups is 4. The van der Waals surface area contributed by atoms with E-state index in [0.29, 0.717) is 17.6 Å². The number of carbonyl (C=O) groups is 2. The summed E-state index contributed by atoms with van der Waals surface area (Å²) in [6, 6.07) is 0. The highest BCUT2D eigenvalue weighted by Gasteiger charge is 2.87. The van der Waals surface area contributed by atoms with Crippen molar-refractivity contribution in [2.24, 2.45) is 29.1 Å². The Balaban J connectivity index is 1.50. The number of fused-ring (bicyclic) bond motifs is 5. The molecule has 4 aliphatic rings. The number of hydrogen-bond acceptors (Lipinski definition) is 8. The van der Waals surface area contributed by atoms with Gasteiger partial charge in [-0.2, -0.15) is 0 Å². The molecule has 0 bridgehead atoms. The smallest absolute Gasteiger partial charge is 0.303 e. The molecule has 2 saturated carbocycles. The van der Waals surface area contributed by atoms with Crippen LogP contribution in [0.5, 0.6) is 0 Å². The standard InChI is InChI=1S/C36H58O8/c1-7-8-9-10-11-12-13-14-15-16-17-18-29(39)43-32-24(3)35(42)27(30-33(5,6)36(30,32)44-25(4)38)20-26(22-37)21-34(41)28(35)19-23(2)31(34)40/h19-20,24,27-30,32,37,39,41-42H,7-18,21-22H2,1-6H3/t24-,27+,28-,29?,30+,32-,34-,35-,36-/m1/s1. The van der Waals surface area contributed by atoms with E-state index in [-0.39, 0.29) is 13.0 Å². The van der Waals surface area contributed by atoms with Crippen molar-refractivity contribution in [3.63, 3.8) is 0 Å². The third-order valence-corrected chi connectivity index (χ3v) is 11.6. The summed E-state index contributed by atoms with van der Waals surface area (Å²) < 4.78 is 12.5. The van der Waals surface area contributed by atoms with E-state index in [1.54, 1.807) is 26.0 Å². The summed E-state index contributed by atoms with van der Waals surface area (Å²) in [6.45, 7) is 10.6. The molecular weight excluding hydrogens is 560 g/mol. The van der Waals surface area contributed by atoms with E-state index in [1.165, 1.54) is 58.3 Å². The Labute approximate surface area is 264 Å². The van der Waals surface area contributed by atoms with Crippen LogP contribution in [0.3, 0.4) is 0 Å². The van der Waals surface area contributed by atoms with Crippen molar-refractivity contribution >= 4 is 11.8 Å². The van der Waals surface area contributed by atoms with Gasteiger partial charge in [0, 0.05) is 42.4 Å². The Morgan fingerprint density at radius 2 is 1.57 bits per heavy atom. The maximum Gasteiger partial charge on any atom is 0.303 e. The van der Waals surface area contributed by atoms with Gasteiger partial charge in [0.2, 0.25) is 0 Å². The van der Waals surface area contributed by atoms with Crippen LogP contribution in [0.15, 0.2) is 23.3 Å². The molecule has 0 amide bonds. The second kappa shape index (κ2) is 13.6. The molecule has 9 atom stereocenters. The highest BCUT2D eigenvalue weighted by Crippen LogP contribution is 2.77. The molecule has 0 aromatic carbocycles. The van der Waals surface area contributed by atoms with Crippen molar-refractivity contribution in [3.05, 3.63) is 23.3 Å². The maximum atomic E-state index is 13.3. The fourth-order valence-corrected chi connectivity index (χ4v) is 9.31. The van der Waals surface area contributed by atoms with Crippen LogP contribution < -0.4 is 0 Å². The van der Waals surface area contributed by atoms with E-state index < -0.39 is 70.0 Å². The minimum atomic E-state index is -1.91. The molecule has 0 radical (unpaired) electrons. The van der Waals surface area contributed by atoms with Crippen molar-refractivity contribution in [2.45, 2.75) is 154 Å². The SMILES string of the molecule is CCCCCCCCCCCCCC(O)O[C@@H]1[C@@H](C)[C@@]2(O)[C@@H](C=C(CO)C[C@]3(O)C(=O)C(C)=C[C@@H]23)[C@H]2C(C)(C)[C@]12OC(C)=O. The first-order valence-corrected chi connectivity index (χ1v) is 17.2. The topological polar surface area (TPSA) is 134 Å². The maximum absolute atomic E-state index is 13.3. The van der Waals surface area contributed by atoms with Gasteiger partial charge in [0.05, 0.1) is 12.2 Å². The molecule has 0 aliphatic heterocycles. The second-order valence-corrected chi connectivity index (χ2v) is 14.9. The van der Waals surface area contributed by atoms with E-state index >= 15 is 0 Å². The zero-order valence-electron chi connectivity index (χ0n) is 27.9. The first-order chi connectivity index (χ1) is 20.7. The quantitative estimate of drug-likeness (QED) is 0.0767. The van der Waals surface area contributed by atoms with Gasteiger partial charge in [-0.1, -0.05) is 104 Å². The van der Waals surface area contributed by atoms with Crippen LogP contribution >= 0.6 is 0 Å². The van der Waals surface area contributed by atoms with Gasteiger partial charge in [0.15, 0.2) is 12.1 Å². The van der Waals surface area contributed by atoms with Gasteiger partial charge in [0.1, 0.15) is 17.3 Å². The summed E-state index contributed by atoms with van der Waals surface area (Å²) in [6.07, 6.45) is 14.9. The largest absolute Gasteiger partial charge is 0.456 e. The summed E-state index contributed by atoms with van der Waals surface area (Å²) >= 11 is 0. The monoisotopic (exact) mass is 618 g/mol. The van der Waals surface area contributed by atoms with Crippen molar-refractivity contribution in [1.82, 2.24) is 0 Å². The number of aliphatic hydroxyl groups excluding tert-OH is 2. The molecule has 1 unspecified atom stereocenters. The van der Waals surface area contributed by atoms with Gasteiger partial charge in [-0.3, -0.25) is 9.59 Å². The fraction of sp³-hybridized carbons (Fsp3) is 0.833. The minimum absolute atomic E-state index is 0.0902. The Bertz CT molecular complexity index is 1110. The molecule has 4 aliphatic carbocycles. The Morgan fingerprint density at radius 3 is 2.11 bits per heavy atom. The Kier molecular flexibility index (Phi) is 10.9. The molecule has 8 heteroatoms. The van der Waals surface area contributed by atoms with Gasteiger partial charge in [0.25, 0.3) is 0 Å².